The van der Waals surface area contributed by atoms with Gasteiger partial charge in [-0.3, -0.25) is 9.36 Å². The zero-order chi connectivity index (χ0) is 20.2. The first-order valence-electron chi connectivity index (χ1n) is 9.14. The van der Waals surface area contributed by atoms with Gasteiger partial charge >= 0.3 is 0 Å². The van der Waals surface area contributed by atoms with Gasteiger partial charge in [-0.25, -0.2) is 4.98 Å². The summed E-state index contributed by atoms with van der Waals surface area (Å²) in [4.78, 5) is 20.5. The van der Waals surface area contributed by atoms with Gasteiger partial charge in [-0.15, -0.1) is 10.2 Å². The van der Waals surface area contributed by atoms with Crippen molar-refractivity contribution in [3.63, 3.8) is 0 Å². The molecular weight excluding hydrogens is 390 g/mol. The molecule has 0 N–H and O–H groups in total. The highest BCUT2D eigenvalue weighted by atomic mass is 32.2. The van der Waals surface area contributed by atoms with Crippen molar-refractivity contribution in [2.45, 2.75) is 12.1 Å². The monoisotopic (exact) mass is 409 g/mol. The van der Waals surface area contributed by atoms with Crippen LogP contribution in [0.2, 0.25) is 0 Å². The van der Waals surface area contributed by atoms with Gasteiger partial charge in [-0.05, 0) is 12.1 Å². The van der Waals surface area contributed by atoms with Crippen LogP contribution in [0.5, 0.6) is 0 Å². The second kappa shape index (κ2) is 8.36. The first kappa shape index (κ1) is 19.0. The van der Waals surface area contributed by atoms with Crippen molar-refractivity contribution in [3.8, 4) is 11.8 Å². The van der Waals surface area contributed by atoms with Gasteiger partial charge in [0.1, 0.15) is 12.4 Å². The lowest BCUT2D eigenvalue weighted by molar-refractivity contribution is -0.128. The molecule has 0 spiro atoms. The highest BCUT2D eigenvalue weighted by molar-refractivity contribution is 7.99. The second-order valence-electron chi connectivity index (χ2n) is 6.47. The molecule has 9 nitrogen and oxygen atoms in total. The quantitative estimate of drug-likeness (QED) is 0.588. The number of oxazole rings is 1. The van der Waals surface area contributed by atoms with E-state index >= 15 is 0 Å². The third-order valence-electron chi connectivity index (χ3n) is 4.62. The number of carbonyl (C=O) groups is 1. The van der Waals surface area contributed by atoms with Crippen molar-refractivity contribution >= 4 is 23.6 Å². The van der Waals surface area contributed by atoms with Crippen LogP contribution < -0.4 is 4.90 Å². The molecule has 0 bridgehead atoms. The summed E-state index contributed by atoms with van der Waals surface area (Å²) in [6.45, 7) is 4.04. The van der Waals surface area contributed by atoms with Gasteiger partial charge in [0.15, 0.2) is 11.0 Å². The molecular formula is C19H19N7O2S. The maximum absolute atomic E-state index is 12.7. The van der Waals surface area contributed by atoms with Gasteiger partial charge in [0.05, 0.1) is 5.75 Å². The number of nitrogens with zero attached hydrogens (tertiary/aromatic N) is 7. The number of carbonyl (C=O) groups excluding carboxylic acids is 1. The molecule has 3 aromatic rings. The van der Waals surface area contributed by atoms with Gasteiger partial charge < -0.3 is 14.2 Å². The fraction of sp³-hybridized carbons (Fsp3) is 0.316. The predicted octanol–water partition coefficient (Wildman–Crippen LogP) is 1.88. The number of aromatic nitrogens is 4. The standard InChI is InChI=1S/C19H19N7O2S/c1-14-22-16(11-20)18(28-14)25-9-7-24(8-10-25)17(27)12-29-19-23-21-13-26(19)15-5-3-2-4-6-15/h2-6,13H,7-10,12H2,1H3. The molecule has 148 valence electrons. The van der Waals surface area contributed by atoms with E-state index < -0.39 is 0 Å². The Balaban J connectivity index is 1.33. The van der Waals surface area contributed by atoms with Crippen LogP contribution in [-0.2, 0) is 4.79 Å². The number of nitriles is 1. The smallest absolute Gasteiger partial charge is 0.234 e. The zero-order valence-electron chi connectivity index (χ0n) is 15.9. The van der Waals surface area contributed by atoms with Gasteiger partial charge in [0.2, 0.25) is 17.5 Å². The number of aryl methyl sites for hydroxylation is 1. The second-order valence-corrected chi connectivity index (χ2v) is 7.42. The lowest BCUT2D eigenvalue weighted by atomic mass is 10.3. The molecule has 1 aromatic carbocycles. The molecule has 1 saturated heterocycles. The predicted molar refractivity (Wildman–Crippen MR) is 107 cm³/mol. The van der Waals surface area contributed by atoms with Crippen molar-refractivity contribution < 1.29 is 9.21 Å². The fourth-order valence-electron chi connectivity index (χ4n) is 3.17. The minimum absolute atomic E-state index is 0.0477. The van der Waals surface area contributed by atoms with E-state index in [0.29, 0.717) is 43.1 Å². The molecule has 1 fully saturated rings. The summed E-state index contributed by atoms with van der Waals surface area (Å²) >= 11 is 1.37. The lowest BCUT2D eigenvalue weighted by Crippen LogP contribution is -2.49. The topological polar surface area (TPSA) is 104 Å². The van der Waals surface area contributed by atoms with Crippen LogP contribution in [-0.4, -0.2) is 62.5 Å². The molecule has 0 radical (unpaired) electrons. The first-order chi connectivity index (χ1) is 14.2. The Morgan fingerprint density at radius 3 is 2.72 bits per heavy atom. The molecule has 1 amide bonds. The number of benzene rings is 1. The summed E-state index contributed by atoms with van der Waals surface area (Å²) < 4.78 is 7.43. The number of thioether (sulfide) groups is 1. The third-order valence-corrected chi connectivity index (χ3v) is 5.55. The fourth-order valence-corrected chi connectivity index (χ4v) is 4.00. The molecule has 0 aliphatic carbocycles. The van der Waals surface area contributed by atoms with Crippen molar-refractivity contribution in [3.05, 3.63) is 48.2 Å². The first-order valence-corrected chi connectivity index (χ1v) is 10.1. The van der Waals surface area contributed by atoms with Crippen molar-refractivity contribution in [2.24, 2.45) is 0 Å². The SMILES string of the molecule is Cc1nc(C#N)c(N2CCN(C(=O)CSc3nncn3-c3ccccc3)CC2)o1. The summed E-state index contributed by atoms with van der Waals surface area (Å²) in [5.74, 6) is 1.29. The minimum Gasteiger partial charge on any atom is -0.424 e. The normalized spacial score (nSPS) is 14.1. The van der Waals surface area contributed by atoms with Gasteiger partial charge in [-0.2, -0.15) is 5.26 Å². The highest BCUT2D eigenvalue weighted by Crippen LogP contribution is 2.24. The summed E-state index contributed by atoms with van der Waals surface area (Å²) in [5.41, 5.74) is 1.25. The maximum Gasteiger partial charge on any atom is 0.234 e. The van der Waals surface area contributed by atoms with Crippen LogP contribution in [0.1, 0.15) is 11.6 Å². The van der Waals surface area contributed by atoms with E-state index in [9.17, 15) is 10.1 Å². The number of hydrogen-bond acceptors (Lipinski definition) is 8. The van der Waals surface area contributed by atoms with Crippen LogP contribution in [0, 0.1) is 18.3 Å². The van der Waals surface area contributed by atoms with Crippen LogP contribution in [0.15, 0.2) is 46.2 Å². The Morgan fingerprint density at radius 2 is 2.00 bits per heavy atom. The number of para-hydroxylation sites is 1. The average Bonchev–Trinajstić information content (AvgIpc) is 3.39. The molecule has 29 heavy (non-hydrogen) atoms. The van der Waals surface area contributed by atoms with Crippen LogP contribution in [0.3, 0.4) is 0 Å². The Hall–Kier alpha value is -3.32. The van der Waals surface area contributed by atoms with Crippen molar-refractivity contribution in [1.82, 2.24) is 24.6 Å². The molecule has 1 aliphatic heterocycles. The summed E-state index contributed by atoms with van der Waals surface area (Å²) in [6, 6.07) is 11.8. The molecule has 0 saturated carbocycles. The number of piperazine rings is 1. The van der Waals surface area contributed by atoms with Gasteiger partial charge in [0.25, 0.3) is 0 Å². The minimum atomic E-state index is 0.0477. The van der Waals surface area contributed by atoms with E-state index in [1.54, 1.807) is 13.3 Å². The van der Waals surface area contributed by atoms with E-state index in [2.05, 4.69) is 21.3 Å². The van der Waals surface area contributed by atoms with Crippen molar-refractivity contribution in [2.75, 3.05) is 36.8 Å². The van der Waals surface area contributed by atoms with Gasteiger partial charge in [-0.1, -0.05) is 30.0 Å². The zero-order valence-corrected chi connectivity index (χ0v) is 16.7. The Kier molecular flexibility index (Phi) is 5.48. The van der Waals surface area contributed by atoms with Crippen molar-refractivity contribution in [1.29, 1.82) is 5.26 Å². The lowest BCUT2D eigenvalue weighted by Gasteiger charge is -2.34. The molecule has 0 atom stereocenters. The Labute approximate surface area is 171 Å². The van der Waals surface area contributed by atoms with E-state index in [-0.39, 0.29) is 17.4 Å². The average molecular weight is 409 g/mol. The van der Waals surface area contributed by atoms with E-state index in [4.69, 9.17) is 4.42 Å². The number of hydrogen-bond donors (Lipinski definition) is 0. The maximum atomic E-state index is 12.7. The van der Waals surface area contributed by atoms with Crippen LogP contribution >= 0.6 is 11.8 Å². The molecule has 3 heterocycles. The molecule has 2 aromatic heterocycles. The van der Waals surface area contributed by atoms with E-state index in [0.717, 1.165) is 5.69 Å². The summed E-state index contributed by atoms with van der Waals surface area (Å²) in [6.07, 6.45) is 1.65. The number of amides is 1. The third kappa shape index (κ3) is 4.09. The Bertz CT molecular complexity index is 1030. The number of rotatable bonds is 5. The highest BCUT2D eigenvalue weighted by Gasteiger charge is 2.26. The number of anilines is 1. The van der Waals surface area contributed by atoms with E-state index in [1.165, 1.54) is 11.8 Å². The van der Waals surface area contributed by atoms with Gasteiger partial charge in [0, 0.05) is 38.8 Å². The summed E-state index contributed by atoms with van der Waals surface area (Å²) in [5, 5.41) is 18.0. The molecule has 1 aliphatic rings. The Morgan fingerprint density at radius 1 is 1.24 bits per heavy atom. The summed E-state index contributed by atoms with van der Waals surface area (Å²) in [7, 11) is 0. The van der Waals surface area contributed by atoms with Crippen LogP contribution in [0.25, 0.3) is 5.69 Å². The molecule has 0 unspecified atom stereocenters. The largest absolute Gasteiger partial charge is 0.424 e. The molecule has 10 heteroatoms. The van der Waals surface area contributed by atoms with Crippen LogP contribution in [0.4, 0.5) is 5.88 Å². The molecule has 4 rings (SSSR count). The van der Waals surface area contributed by atoms with E-state index in [1.807, 2.05) is 44.7 Å².